The van der Waals surface area contributed by atoms with Crippen LogP contribution in [0.2, 0.25) is 0 Å². The fourth-order valence-electron chi connectivity index (χ4n) is 5.16. The quantitative estimate of drug-likeness (QED) is 0.206. The van der Waals surface area contributed by atoms with Gasteiger partial charge < -0.3 is 53.2 Å². The van der Waals surface area contributed by atoms with Gasteiger partial charge in [0.2, 0.25) is 17.8 Å². The molecule has 2 saturated heterocycles. The summed E-state index contributed by atoms with van der Waals surface area (Å²) in [5.41, 5.74) is 26.3. The van der Waals surface area contributed by atoms with E-state index in [0.29, 0.717) is 61.1 Å². The molecule has 3 aromatic rings. The monoisotopic (exact) mass is 563 g/mol. The van der Waals surface area contributed by atoms with Gasteiger partial charge in [0, 0.05) is 61.7 Å². The lowest BCUT2D eigenvalue weighted by Crippen LogP contribution is -2.54. The highest BCUT2D eigenvalue weighted by Crippen LogP contribution is 2.26. The van der Waals surface area contributed by atoms with E-state index in [4.69, 9.17) is 32.7 Å². The van der Waals surface area contributed by atoms with Crippen molar-refractivity contribution in [3.05, 3.63) is 48.0 Å². The van der Waals surface area contributed by atoms with E-state index in [1.807, 2.05) is 9.80 Å². The zero-order chi connectivity index (χ0) is 29.1. The van der Waals surface area contributed by atoms with Crippen LogP contribution >= 0.6 is 0 Å². The second kappa shape index (κ2) is 12.1. The van der Waals surface area contributed by atoms with Crippen LogP contribution in [0.25, 0.3) is 0 Å². The number of aromatic nitrogens is 3. The number of carbonyl (C=O) groups is 1. The molecular formula is C27H37N11O3. The van der Waals surface area contributed by atoms with Crippen LogP contribution in [-0.2, 0) is 0 Å². The molecule has 5 rings (SSSR count). The Morgan fingerprint density at radius 3 is 1.85 bits per heavy atom. The van der Waals surface area contributed by atoms with Gasteiger partial charge in [-0.25, -0.2) is 0 Å². The van der Waals surface area contributed by atoms with E-state index in [1.165, 1.54) is 19.2 Å². The van der Waals surface area contributed by atoms with Crippen LogP contribution in [0.4, 0.5) is 29.2 Å². The van der Waals surface area contributed by atoms with E-state index < -0.39 is 5.91 Å². The molecule has 2 aliphatic rings. The van der Waals surface area contributed by atoms with Crippen molar-refractivity contribution in [1.82, 2.24) is 15.0 Å². The smallest absolute Gasteiger partial charge is 0.259 e. The Bertz CT molecular complexity index is 1310. The number of phenolic OH excluding ortho intramolecular Hbond substituents is 1. The summed E-state index contributed by atoms with van der Waals surface area (Å²) in [7, 11) is 1.49. The highest BCUT2D eigenvalue weighted by molar-refractivity contribution is 6.06. The third-order valence-electron chi connectivity index (χ3n) is 7.06. The first kappa shape index (κ1) is 28.3. The van der Waals surface area contributed by atoms with Gasteiger partial charge in [0.25, 0.3) is 5.91 Å². The van der Waals surface area contributed by atoms with Crippen molar-refractivity contribution in [2.45, 2.75) is 37.0 Å². The van der Waals surface area contributed by atoms with Gasteiger partial charge in [-0.1, -0.05) is 0 Å². The standard InChI is InChI=1S/C27H37N11O3/c1-41-21-6-7-23(39)22(10-21)24(40)32-19-2-4-20(5-3-19)33-25-34-26(37-11-15(28)8-16(29)12-37)36-27(35-25)38-13-17(30)9-18(31)14-38/h2-7,10,15-18,39H,8-9,11-14,28-31H2,1H3,(H,32,40)(H,33,34,35,36)/t15-,16+,17-,18+. The first-order chi connectivity index (χ1) is 19.7. The highest BCUT2D eigenvalue weighted by atomic mass is 16.5. The summed E-state index contributed by atoms with van der Waals surface area (Å²) in [5.74, 6) is 1.13. The summed E-state index contributed by atoms with van der Waals surface area (Å²) in [4.78, 5) is 30.8. The molecule has 0 spiro atoms. The summed E-state index contributed by atoms with van der Waals surface area (Å²) in [6.45, 7) is 2.30. The van der Waals surface area contributed by atoms with Gasteiger partial charge in [-0.15, -0.1) is 0 Å². The van der Waals surface area contributed by atoms with Gasteiger partial charge >= 0.3 is 0 Å². The zero-order valence-electron chi connectivity index (χ0n) is 22.9. The number of hydrogen-bond donors (Lipinski definition) is 7. The maximum Gasteiger partial charge on any atom is 0.259 e. The molecule has 2 fully saturated rings. The Labute approximate surface area is 238 Å². The number of amides is 1. The normalized spacial score (nSPS) is 22.8. The van der Waals surface area contributed by atoms with Crippen molar-refractivity contribution in [2.24, 2.45) is 22.9 Å². The van der Waals surface area contributed by atoms with E-state index in [-0.39, 0.29) is 35.5 Å². The van der Waals surface area contributed by atoms with Gasteiger partial charge in [-0.05, 0) is 55.3 Å². The molecule has 3 heterocycles. The van der Waals surface area contributed by atoms with Crippen molar-refractivity contribution in [3.63, 3.8) is 0 Å². The Balaban J connectivity index is 1.36. The molecule has 14 heteroatoms. The maximum absolute atomic E-state index is 12.7. The van der Waals surface area contributed by atoms with Crippen LogP contribution in [0.5, 0.6) is 11.5 Å². The van der Waals surface area contributed by atoms with Crippen molar-refractivity contribution in [2.75, 3.05) is 53.7 Å². The van der Waals surface area contributed by atoms with Crippen LogP contribution in [0.15, 0.2) is 42.5 Å². The van der Waals surface area contributed by atoms with Gasteiger partial charge in [0.05, 0.1) is 12.7 Å². The number of anilines is 5. The Kier molecular flexibility index (Phi) is 8.35. The second-order valence-corrected chi connectivity index (χ2v) is 10.6. The van der Waals surface area contributed by atoms with Gasteiger partial charge in [-0.3, -0.25) is 4.79 Å². The number of piperidine rings is 2. The molecular weight excluding hydrogens is 526 g/mol. The minimum atomic E-state index is -0.468. The predicted molar refractivity (Wildman–Crippen MR) is 158 cm³/mol. The minimum Gasteiger partial charge on any atom is -0.507 e. The first-order valence-corrected chi connectivity index (χ1v) is 13.5. The number of benzene rings is 2. The molecule has 41 heavy (non-hydrogen) atoms. The molecule has 0 saturated carbocycles. The molecule has 1 aromatic heterocycles. The molecule has 4 atom stereocenters. The lowest BCUT2D eigenvalue weighted by atomic mass is 10.0. The number of nitrogens with zero attached hydrogens (tertiary/aromatic N) is 5. The van der Waals surface area contributed by atoms with Gasteiger partial charge in [-0.2, -0.15) is 15.0 Å². The lowest BCUT2D eigenvalue weighted by Gasteiger charge is -2.37. The number of nitrogens with two attached hydrogens (primary N) is 4. The summed E-state index contributed by atoms with van der Waals surface area (Å²) >= 11 is 0. The predicted octanol–water partition coefficient (Wildman–Crippen LogP) is 0.311. The number of hydrogen-bond acceptors (Lipinski definition) is 13. The molecule has 2 aromatic carbocycles. The maximum atomic E-state index is 12.7. The third-order valence-corrected chi connectivity index (χ3v) is 7.06. The minimum absolute atomic E-state index is 0.0890. The Morgan fingerprint density at radius 1 is 0.829 bits per heavy atom. The molecule has 0 unspecified atom stereocenters. The average Bonchev–Trinajstić information content (AvgIpc) is 2.93. The summed E-state index contributed by atoms with van der Waals surface area (Å²) in [6.07, 6.45) is 1.46. The largest absolute Gasteiger partial charge is 0.507 e. The molecule has 0 aliphatic carbocycles. The van der Waals surface area contributed by atoms with Crippen molar-refractivity contribution < 1.29 is 14.6 Å². The second-order valence-electron chi connectivity index (χ2n) is 10.6. The molecule has 1 amide bonds. The Hall–Kier alpha value is -4.24. The highest BCUT2D eigenvalue weighted by Gasteiger charge is 2.28. The lowest BCUT2D eigenvalue weighted by molar-refractivity contribution is 0.102. The molecule has 14 nitrogen and oxygen atoms in total. The number of methoxy groups -OCH3 is 1. The molecule has 2 aliphatic heterocycles. The molecule has 0 radical (unpaired) electrons. The Morgan fingerprint density at radius 2 is 1.34 bits per heavy atom. The number of phenols is 1. The molecule has 11 N–H and O–H groups in total. The van der Waals surface area contributed by atoms with E-state index >= 15 is 0 Å². The van der Waals surface area contributed by atoms with Crippen LogP contribution in [0, 0.1) is 0 Å². The topological polar surface area (TPSA) is 220 Å². The van der Waals surface area contributed by atoms with Crippen LogP contribution in [0.1, 0.15) is 23.2 Å². The average molecular weight is 564 g/mol. The number of ether oxygens (including phenoxy) is 1. The van der Waals surface area contributed by atoms with E-state index in [9.17, 15) is 9.90 Å². The summed E-state index contributed by atoms with van der Waals surface area (Å²) in [5, 5.41) is 16.1. The number of nitrogens with one attached hydrogen (secondary N) is 2. The van der Waals surface area contributed by atoms with E-state index in [2.05, 4.69) is 20.6 Å². The van der Waals surface area contributed by atoms with Crippen LogP contribution < -0.4 is 48.1 Å². The fourth-order valence-corrected chi connectivity index (χ4v) is 5.16. The number of rotatable bonds is 7. The third kappa shape index (κ3) is 6.92. The van der Waals surface area contributed by atoms with Crippen molar-refractivity contribution >= 4 is 35.1 Å². The van der Waals surface area contributed by atoms with E-state index in [1.54, 1.807) is 30.3 Å². The first-order valence-electron chi connectivity index (χ1n) is 13.5. The van der Waals surface area contributed by atoms with Crippen molar-refractivity contribution in [3.8, 4) is 11.5 Å². The zero-order valence-corrected chi connectivity index (χ0v) is 22.9. The van der Waals surface area contributed by atoms with E-state index in [0.717, 1.165) is 12.8 Å². The van der Waals surface area contributed by atoms with Gasteiger partial charge in [0.15, 0.2) is 0 Å². The molecule has 218 valence electrons. The SMILES string of the molecule is COc1ccc(O)c(C(=O)Nc2ccc(Nc3nc(N4C[C@H](N)C[C@H](N)C4)nc(N4C[C@H](N)C[C@H](N)C4)n3)cc2)c1. The summed E-state index contributed by atoms with van der Waals surface area (Å²) < 4.78 is 5.15. The van der Waals surface area contributed by atoms with Crippen LogP contribution in [-0.4, -0.2) is 83.4 Å². The number of aromatic hydroxyl groups is 1. The fraction of sp³-hybridized carbons (Fsp3) is 0.407. The van der Waals surface area contributed by atoms with Crippen LogP contribution in [0.3, 0.4) is 0 Å². The number of carbonyl (C=O) groups excluding carboxylic acids is 1. The summed E-state index contributed by atoms with van der Waals surface area (Å²) in [6, 6.07) is 11.1. The van der Waals surface area contributed by atoms with Crippen molar-refractivity contribution in [1.29, 1.82) is 0 Å². The molecule has 0 bridgehead atoms. The van der Waals surface area contributed by atoms with Gasteiger partial charge in [0.1, 0.15) is 11.5 Å².